The Morgan fingerprint density at radius 2 is 2.07 bits per heavy atom. The van der Waals surface area contributed by atoms with E-state index in [1.807, 2.05) is 0 Å². The van der Waals surface area contributed by atoms with Gasteiger partial charge in [-0.25, -0.2) is 9.18 Å². The lowest BCUT2D eigenvalue weighted by Gasteiger charge is -2.10. The number of benzene rings is 1. The number of aromatic nitrogens is 2. The summed E-state index contributed by atoms with van der Waals surface area (Å²) in [5, 5.41) is 10.8. The molecule has 4 rings (SSSR count). The maximum absolute atomic E-state index is 13.7. The fourth-order valence-corrected chi connectivity index (χ4v) is 4.40. The number of hydrogen-bond donors (Lipinski definition) is 1. The van der Waals surface area contributed by atoms with Gasteiger partial charge in [-0.2, -0.15) is 9.78 Å². The molecule has 7 nitrogen and oxygen atoms in total. The molecular formula is C20H14FN3O4S2. The largest absolute Gasteiger partial charge is 0.461 e. The molecule has 4 aromatic rings. The molecule has 1 amide bonds. The Morgan fingerprint density at radius 1 is 1.23 bits per heavy atom. The van der Waals surface area contributed by atoms with Crippen molar-refractivity contribution >= 4 is 50.3 Å². The first kappa shape index (κ1) is 19.9. The lowest BCUT2D eigenvalue weighted by molar-refractivity contribution is 0.0520. The molecule has 152 valence electrons. The smallest absolute Gasteiger partial charge is 0.359 e. The molecule has 30 heavy (non-hydrogen) atoms. The molecule has 0 radical (unpaired) electrons. The number of hydrogen-bond acceptors (Lipinski definition) is 7. The lowest BCUT2D eigenvalue weighted by atomic mass is 10.2. The fourth-order valence-electron chi connectivity index (χ4n) is 2.85. The molecular weight excluding hydrogens is 429 g/mol. The van der Waals surface area contributed by atoms with E-state index in [9.17, 15) is 18.8 Å². The molecule has 3 heterocycles. The summed E-state index contributed by atoms with van der Waals surface area (Å²) in [6, 6.07) is 8.69. The van der Waals surface area contributed by atoms with E-state index >= 15 is 0 Å². The summed E-state index contributed by atoms with van der Waals surface area (Å²) in [6.07, 6.45) is 0. The maximum atomic E-state index is 13.7. The number of carbonyl (C=O) groups is 2. The fraction of sp³-hybridized carbons (Fsp3) is 0.100. The molecule has 1 aromatic carbocycles. The van der Waals surface area contributed by atoms with Crippen LogP contribution in [0.1, 0.15) is 27.1 Å². The quantitative estimate of drug-likeness (QED) is 0.470. The minimum absolute atomic E-state index is 0.0939. The van der Waals surface area contributed by atoms with Crippen LogP contribution in [-0.4, -0.2) is 28.3 Å². The average molecular weight is 443 g/mol. The van der Waals surface area contributed by atoms with Crippen molar-refractivity contribution in [1.82, 2.24) is 9.78 Å². The summed E-state index contributed by atoms with van der Waals surface area (Å²) in [7, 11) is 0. The third-order valence-corrected chi connectivity index (χ3v) is 5.91. The summed E-state index contributed by atoms with van der Waals surface area (Å²) in [5.41, 5.74) is -0.538. The molecule has 0 aliphatic rings. The van der Waals surface area contributed by atoms with Crippen LogP contribution in [0.15, 0.2) is 52.0 Å². The number of anilines is 1. The van der Waals surface area contributed by atoms with Gasteiger partial charge in [-0.15, -0.1) is 22.7 Å². The highest BCUT2D eigenvalue weighted by atomic mass is 32.1. The molecule has 0 aliphatic carbocycles. The Kier molecular flexibility index (Phi) is 5.42. The molecule has 0 unspecified atom stereocenters. The van der Waals surface area contributed by atoms with Crippen LogP contribution in [-0.2, 0) is 4.74 Å². The number of fused-ring (bicyclic) bond motifs is 1. The van der Waals surface area contributed by atoms with Gasteiger partial charge in [-0.3, -0.25) is 9.59 Å². The zero-order valence-corrected chi connectivity index (χ0v) is 17.2. The predicted molar refractivity (Wildman–Crippen MR) is 113 cm³/mol. The van der Waals surface area contributed by atoms with E-state index in [1.165, 1.54) is 29.5 Å². The zero-order valence-electron chi connectivity index (χ0n) is 15.5. The second-order valence-electron chi connectivity index (χ2n) is 6.05. The lowest BCUT2D eigenvalue weighted by Crippen LogP contribution is -2.25. The SMILES string of the molecule is CCOC(=O)c1nn(-c2cccc(F)c2)c(=O)c2c(NC(=O)c3cccs3)scc12. The molecule has 0 fully saturated rings. The van der Waals surface area contributed by atoms with Gasteiger partial charge in [0.25, 0.3) is 11.5 Å². The van der Waals surface area contributed by atoms with Gasteiger partial charge in [-0.1, -0.05) is 12.1 Å². The van der Waals surface area contributed by atoms with Gasteiger partial charge in [0.15, 0.2) is 5.69 Å². The Balaban J connectivity index is 1.92. The van der Waals surface area contributed by atoms with Gasteiger partial charge in [0.1, 0.15) is 10.8 Å². The Hall–Kier alpha value is -3.37. The zero-order chi connectivity index (χ0) is 21.3. The molecule has 0 spiro atoms. The molecule has 0 aliphatic heterocycles. The summed E-state index contributed by atoms with van der Waals surface area (Å²) >= 11 is 2.36. The van der Waals surface area contributed by atoms with E-state index in [2.05, 4.69) is 10.4 Å². The van der Waals surface area contributed by atoms with Gasteiger partial charge >= 0.3 is 5.97 Å². The molecule has 3 aromatic heterocycles. The first-order chi connectivity index (χ1) is 14.5. The third-order valence-electron chi connectivity index (χ3n) is 4.15. The molecule has 0 saturated carbocycles. The number of halogens is 1. The van der Waals surface area contributed by atoms with Crippen LogP contribution in [0.3, 0.4) is 0 Å². The van der Waals surface area contributed by atoms with Gasteiger partial charge in [0.2, 0.25) is 0 Å². The van der Waals surface area contributed by atoms with Gasteiger partial charge in [-0.05, 0) is 36.6 Å². The van der Waals surface area contributed by atoms with Crippen LogP contribution in [0, 0.1) is 5.82 Å². The first-order valence-corrected chi connectivity index (χ1v) is 10.6. The number of ether oxygens (including phenoxy) is 1. The number of esters is 1. The number of nitrogens with one attached hydrogen (secondary N) is 1. The molecule has 1 N–H and O–H groups in total. The number of carbonyl (C=O) groups excluding carboxylic acids is 2. The highest BCUT2D eigenvalue weighted by molar-refractivity contribution is 7.16. The van der Waals surface area contributed by atoms with E-state index in [0.29, 0.717) is 4.88 Å². The maximum Gasteiger partial charge on any atom is 0.359 e. The topological polar surface area (TPSA) is 90.3 Å². The van der Waals surface area contributed by atoms with Crippen LogP contribution in [0.5, 0.6) is 0 Å². The minimum atomic E-state index is -0.721. The normalized spacial score (nSPS) is 10.9. The van der Waals surface area contributed by atoms with Crippen molar-refractivity contribution in [2.45, 2.75) is 6.92 Å². The standard InChI is InChI=1S/C20H14FN3O4S2/c1-2-28-20(27)16-13-10-30-18(22-17(25)14-7-4-8-29-14)15(13)19(26)24(23-16)12-6-3-5-11(21)9-12/h3-10H,2H2,1H3,(H,22,25). The van der Waals surface area contributed by atoms with E-state index in [0.717, 1.165) is 22.1 Å². The van der Waals surface area contributed by atoms with E-state index in [4.69, 9.17) is 4.74 Å². The molecule has 0 bridgehead atoms. The van der Waals surface area contributed by atoms with Gasteiger partial charge in [0.05, 0.1) is 22.6 Å². The highest BCUT2D eigenvalue weighted by Crippen LogP contribution is 2.31. The summed E-state index contributed by atoms with van der Waals surface area (Å²) < 4.78 is 19.7. The number of amides is 1. The molecule has 0 saturated heterocycles. The van der Waals surface area contributed by atoms with Crippen molar-refractivity contribution in [3.63, 3.8) is 0 Å². The molecule has 10 heteroatoms. The Bertz CT molecular complexity index is 1310. The van der Waals surface area contributed by atoms with Crippen molar-refractivity contribution in [2.75, 3.05) is 11.9 Å². The number of nitrogens with zero attached hydrogens (tertiary/aromatic N) is 2. The van der Waals surface area contributed by atoms with Crippen LogP contribution >= 0.6 is 22.7 Å². The number of thiophene rings is 2. The highest BCUT2D eigenvalue weighted by Gasteiger charge is 2.23. The monoisotopic (exact) mass is 443 g/mol. The Morgan fingerprint density at radius 3 is 2.77 bits per heavy atom. The van der Waals surface area contributed by atoms with Gasteiger partial charge < -0.3 is 10.1 Å². The van der Waals surface area contributed by atoms with Crippen LogP contribution in [0.2, 0.25) is 0 Å². The van der Waals surface area contributed by atoms with Crippen LogP contribution in [0.25, 0.3) is 16.5 Å². The van der Waals surface area contributed by atoms with Crippen molar-refractivity contribution in [3.05, 3.63) is 73.9 Å². The Labute approximate surface area is 177 Å². The second kappa shape index (κ2) is 8.17. The molecule has 0 atom stereocenters. The first-order valence-electron chi connectivity index (χ1n) is 8.82. The summed E-state index contributed by atoms with van der Waals surface area (Å²) in [5.74, 6) is -1.66. The van der Waals surface area contributed by atoms with E-state index < -0.39 is 17.3 Å². The average Bonchev–Trinajstić information content (AvgIpc) is 3.39. The van der Waals surface area contributed by atoms with E-state index in [1.54, 1.807) is 29.8 Å². The summed E-state index contributed by atoms with van der Waals surface area (Å²) in [6.45, 7) is 1.77. The van der Waals surface area contributed by atoms with Crippen molar-refractivity contribution in [1.29, 1.82) is 0 Å². The second-order valence-corrected chi connectivity index (χ2v) is 7.88. The minimum Gasteiger partial charge on any atom is -0.461 e. The third kappa shape index (κ3) is 3.62. The van der Waals surface area contributed by atoms with Gasteiger partial charge in [0, 0.05) is 10.8 Å². The van der Waals surface area contributed by atoms with E-state index in [-0.39, 0.29) is 39.7 Å². The van der Waals surface area contributed by atoms with Crippen LogP contribution < -0.4 is 10.9 Å². The predicted octanol–water partition coefficient (Wildman–Crippen LogP) is 4.08. The van der Waals surface area contributed by atoms with Crippen LogP contribution in [0.4, 0.5) is 9.39 Å². The van der Waals surface area contributed by atoms with Crippen molar-refractivity contribution < 1.29 is 18.7 Å². The van der Waals surface area contributed by atoms with Crippen molar-refractivity contribution in [2.24, 2.45) is 0 Å². The summed E-state index contributed by atoms with van der Waals surface area (Å²) in [4.78, 5) is 38.7. The number of rotatable bonds is 5. The van der Waals surface area contributed by atoms with Crippen molar-refractivity contribution in [3.8, 4) is 5.69 Å².